The van der Waals surface area contributed by atoms with Gasteiger partial charge in [-0.05, 0) is 57.2 Å². The molecule has 0 bridgehead atoms. The van der Waals surface area contributed by atoms with Gasteiger partial charge in [0.25, 0.3) is 0 Å². The van der Waals surface area contributed by atoms with Crippen LogP contribution < -0.4 is 0 Å². The Kier molecular flexibility index (Phi) is 5.90. The molecule has 24 heavy (non-hydrogen) atoms. The van der Waals surface area contributed by atoms with Gasteiger partial charge in [-0.25, -0.2) is 0 Å². The van der Waals surface area contributed by atoms with Crippen molar-refractivity contribution >= 4 is 5.91 Å². The van der Waals surface area contributed by atoms with Crippen molar-refractivity contribution in [2.45, 2.75) is 58.2 Å². The van der Waals surface area contributed by atoms with Crippen LogP contribution >= 0.6 is 0 Å². The van der Waals surface area contributed by atoms with E-state index in [2.05, 4.69) is 43.0 Å². The lowest BCUT2D eigenvalue weighted by molar-refractivity contribution is -0.137. The fourth-order valence-corrected chi connectivity index (χ4v) is 4.06. The van der Waals surface area contributed by atoms with Crippen molar-refractivity contribution in [1.82, 2.24) is 9.80 Å². The third-order valence-electron chi connectivity index (χ3n) is 5.55. The van der Waals surface area contributed by atoms with Gasteiger partial charge in [-0.1, -0.05) is 24.3 Å². The molecule has 0 aliphatic carbocycles. The maximum atomic E-state index is 13.2. The Morgan fingerprint density at radius 1 is 1.25 bits per heavy atom. The molecule has 3 rings (SSSR count). The molecule has 4 nitrogen and oxygen atoms in total. The molecule has 1 aromatic carbocycles. The van der Waals surface area contributed by atoms with Crippen LogP contribution in [0.3, 0.4) is 0 Å². The molecule has 2 fully saturated rings. The molecule has 132 valence electrons. The zero-order valence-electron chi connectivity index (χ0n) is 15.0. The highest BCUT2D eigenvalue weighted by Gasteiger charge is 2.37. The smallest absolute Gasteiger partial charge is 0.240 e. The number of likely N-dealkylation sites (tertiary alicyclic amines) is 1. The van der Waals surface area contributed by atoms with E-state index in [4.69, 9.17) is 4.74 Å². The summed E-state index contributed by atoms with van der Waals surface area (Å²) in [5.74, 6) is 0.310. The monoisotopic (exact) mass is 330 g/mol. The normalized spacial score (nSPS) is 22.7. The minimum atomic E-state index is 0.0667. The first-order valence-corrected chi connectivity index (χ1v) is 9.37. The predicted molar refractivity (Wildman–Crippen MR) is 95.8 cm³/mol. The van der Waals surface area contributed by atoms with Crippen LogP contribution in [0.1, 0.15) is 43.7 Å². The zero-order chi connectivity index (χ0) is 16.9. The summed E-state index contributed by atoms with van der Waals surface area (Å²) >= 11 is 0. The van der Waals surface area contributed by atoms with E-state index in [1.54, 1.807) is 0 Å². The second-order valence-electron chi connectivity index (χ2n) is 7.02. The minimum Gasteiger partial charge on any atom is -0.381 e. The lowest BCUT2D eigenvalue weighted by atomic mass is 10.0. The molecule has 1 amide bonds. The van der Waals surface area contributed by atoms with Gasteiger partial charge in [-0.3, -0.25) is 9.69 Å². The van der Waals surface area contributed by atoms with Crippen LogP contribution in [-0.2, 0) is 16.1 Å². The Labute approximate surface area is 145 Å². The number of benzene rings is 1. The first-order valence-electron chi connectivity index (χ1n) is 9.37. The topological polar surface area (TPSA) is 32.8 Å². The Morgan fingerprint density at radius 2 is 2.00 bits per heavy atom. The van der Waals surface area contributed by atoms with Crippen LogP contribution in [0.2, 0.25) is 0 Å². The van der Waals surface area contributed by atoms with Crippen molar-refractivity contribution in [1.29, 1.82) is 0 Å². The molecule has 1 aromatic rings. The molecule has 1 atom stereocenters. The van der Waals surface area contributed by atoms with Crippen LogP contribution in [0, 0.1) is 6.92 Å². The van der Waals surface area contributed by atoms with Crippen molar-refractivity contribution < 1.29 is 9.53 Å². The molecule has 0 spiro atoms. The van der Waals surface area contributed by atoms with Gasteiger partial charge in [0, 0.05) is 32.3 Å². The molecule has 0 saturated carbocycles. The summed E-state index contributed by atoms with van der Waals surface area (Å²) in [6.07, 6.45) is 4.26. The van der Waals surface area contributed by atoms with Crippen molar-refractivity contribution in [2.75, 3.05) is 26.3 Å². The van der Waals surface area contributed by atoms with Gasteiger partial charge in [0.15, 0.2) is 0 Å². The maximum absolute atomic E-state index is 13.2. The van der Waals surface area contributed by atoms with Gasteiger partial charge in [0.2, 0.25) is 5.91 Å². The number of carbonyl (C=O) groups excluding carboxylic acids is 1. The van der Waals surface area contributed by atoms with Crippen LogP contribution in [0.5, 0.6) is 0 Å². The minimum absolute atomic E-state index is 0.0667. The average molecular weight is 330 g/mol. The molecule has 0 radical (unpaired) electrons. The van der Waals surface area contributed by atoms with Crippen LogP contribution in [0.15, 0.2) is 24.3 Å². The first kappa shape index (κ1) is 17.4. The van der Waals surface area contributed by atoms with Crippen molar-refractivity contribution in [3.8, 4) is 0 Å². The molecule has 0 aromatic heterocycles. The standard InChI is InChI=1S/C20H30N2O2/c1-3-21(15-17-8-5-4-7-16(17)2)20(23)19-9-6-12-22(19)18-10-13-24-14-11-18/h4-5,7-8,18-19H,3,6,9-15H2,1-2H3. The highest BCUT2D eigenvalue weighted by molar-refractivity contribution is 5.82. The second kappa shape index (κ2) is 8.13. The van der Waals surface area contributed by atoms with Crippen LogP contribution in [0.25, 0.3) is 0 Å². The second-order valence-corrected chi connectivity index (χ2v) is 7.02. The van der Waals surface area contributed by atoms with Crippen molar-refractivity contribution in [2.24, 2.45) is 0 Å². The molecular formula is C20H30N2O2. The maximum Gasteiger partial charge on any atom is 0.240 e. The van der Waals surface area contributed by atoms with Gasteiger partial charge < -0.3 is 9.64 Å². The molecule has 0 N–H and O–H groups in total. The summed E-state index contributed by atoms with van der Waals surface area (Å²) in [5.41, 5.74) is 2.51. The van der Waals surface area contributed by atoms with E-state index in [-0.39, 0.29) is 6.04 Å². The molecule has 4 heteroatoms. The van der Waals surface area contributed by atoms with Gasteiger partial charge in [0.1, 0.15) is 0 Å². The number of amides is 1. The van der Waals surface area contributed by atoms with Gasteiger partial charge in [0.05, 0.1) is 6.04 Å². The van der Waals surface area contributed by atoms with Crippen molar-refractivity contribution in [3.05, 3.63) is 35.4 Å². The van der Waals surface area contributed by atoms with Crippen LogP contribution in [-0.4, -0.2) is 54.1 Å². The van der Waals surface area contributed by atoms with Crippen molar-refractivity contribution in [3.63, 3.8) is 0 Å². The van der Waals surface area contributed by atoms with Gasteiger partial charge >= 0.3 is 0 Å². The van der Waals surface area contributed by atoms with E-state index < -0.39 is 0 Å². The van der Waals surface area contributed by atoms with E-state index in [9.17, 15) is 4.79 Å². The molecule has 2 aliphatic rings. The third-order valence-corrected chi connectivity index (χ3v) is 5.55. The summed E-state index contributed by atoms with van der Waals surface area (Å²) in [4.78, 5) is 17.7. The number of ether oxygens (including phenoxy) is 1. The quantitative estimate of drug-likeness (QED) is 0.832. The van der Waals surface area contributed by atoms with Crippen LogP contribution in [0.4, 0.5) is 0 Å². The largest absolute Gasteiger partial charge is 0.381 e. The van der Waals surface area contributed by atoms with E-state index >= 15 is 0 Å². The summed E-state index contributed by atoms with van der Waals surface area (Å²) < 4.78 is 5.49. The number of carbonyl (C=O) groups is 1. The Morgan fingerprint density at radius 3 is 2.71 bits per heavy atom. The summed E-state index contributed by atoms with van der Waals surface area (Å²) in [5, 5.41) is 0. The van der Waals surface area contributed by atoms with Gasteiger partial charge in [-0.2, -0.15) is 0 Å². The third kappa shape index (κ3) is 3.81. The number of rotatable bonds is 5. The first-order chi connectivity index (χ1) is 11.7. The number of nitrogens with zero attached hydrogens (tertiary/aromatic N) is 2. The Bertz CT molecular complexity index is 554. The molecule has 1 unspecified atom stereocenters. The number of aryl methyl sites for hydroxylation is 1. The lowest BCUT2D eigenvalue weighted by Crippen LogP contribution is -2.50. The van der Waals surface area contributed by atoms with E-state index in [1.165, 1.54) is 11.1 Å². The molecular weight excluding hydrogens is 300 g/mol. The average Bonchev–Trinajstić information content (AvgIpc) is 3.11. The molecule has 2 aliphatic heterocycles. The van der Waals surface area contributed by atoms with E-state index in [1.807, 2.05) is 4.90 Å². The lowest BCUT2D eigenvalue weighted by Gasteiger charge is -2.36. The van der Waals surface area contributed by atoms with E-state index in [0.717, 1.165) is 58.5 Å². The zero-order valence-corrected chi connectivity index (χ0v) is 15.0. The summed E-state index contributed by atoms with van der Waals surface area (Å²) in [7, 11) is 0. The number of likely N-dealkylation sites (N-methyl/N-ethyl adjacent to an activating group) is 1. The molecule has 2 heterocycles. The molecule has 2 saturated heterocycles. The highest BCUT2D eigenvalue weighted by Crippen LogP contribution is 2.27. The number of hydrogen-bond acceptors (Lipinski definition) is 3. The SMILES string of the molecule is CCN(Cc1ccccc1C)C(=O)C1CCCN1C1CCOCC1. The Hall–Kier alpha value is -1.39. The fraction of sp³-hybridized carbons (Fsp3) is 0.650. The Balaban J connectivity index is 1.69. The summed E-state index contributed by atoms with van der Waals surface area (Å²) in [6, 6.07) is 8.96. The number of hydrogen-bond donors (Lipinski definition) is 0. The summed E-state index contributed by atoms with van der Waals surface area (Å²) in [6.45, 7) is 8.43. The highest BCUT2D eigenvalue weighted by atomic mass is 16.5. The van der Waals surface area contributed by atoms with E-state index in [0.29, 0.717) is 11.9 Å². The van der Waals surface area contributed by atoms with Gasteiger partial charge in [-0.15, -0.1) is 0 Å². The predicted octanol–water partition coefficient (Wildman–Crippen LogP) is 2.99. The fourth-order valence-electron chi connectivity index (χ4n) is 4.06.